The smallest absolute Gasteiger partial charge is 0.180 e. The Labute approximate surface area is 157 Å². The van der Waals surface area contributed by atoms with Crippen molar-refractivity contribution in [1.29, 1.82) is 0 Å². The number of imidazole rings is 1. The fourth-order valence-electron chi connectivity index (χ4n) is 3.79. The number of pyridine rings is 1. The number of nitrogens with zero attached hydrogens (tertiary/aromatic N) is 6. The number of aromatic nitrogens is 6. The molecule has 1 aliphatic rings. The van der Waals surface area contributed by atoms with E-state index in [-0.39, 0.29) is 0 Å². The van der Waals surface area contributed by atoms with E-state index in [9.17, 15) is 0 Å². The van der Waals surface area contributed by atoms with E-state index >= 15 is 0 Å². The predicted octanol–water partition coefficient (Wildman–Crippen LogP) is 2.81. The van der Waals surface area contributed by atoms with E-state index in [1.54, 1.807) is 0 Å². The number of aryl methyl sites for hydroxylation is 6. The molecule has 138 valence electrons. The molecule has 27 heavy (non-hydrogen) atoms. The third-order valence-corrected chi connectivity index (χ3v) is 5.34. The Morgan fingerprint density at radius 3 is 2.85 bits per heavy atom. The highest BCUT2D eigenvalue weighted by atomic mass is 16.5. The van der Waals surface area contributed by atoms with Crippen LogP contribution in [0.5, 0.6) is 5.75 Å². The van der Waals surface area contributed by atoms with Gasteiger partial charge in [0.15, 0.2) is 22.9 Å². The van der Waals surface area contributed by atoms with Gasteiger partial charge in [0, 0.05) is 24.5 Å². The lowest BCUT2D eigenvalue weighted by atomic mass is 10.1. The van der Waals surface area contributed by atoms with Gasteiger partial charge >= 0.3 is 0 Å². The molecular weight excluding hydrogens is 340 g/mol. The minimum absolute atomic E-state index is 0.744. The number of hydrogen-bond donors (Lipinski definition) is 0. The Morgan fingerprint density at radius 2 is 2.00 bits per heavy atom. The predicted molar refractivity (Wildman–Crippen MR) is 101 cm³/mol. The second kappa shape index (κ2) is 6.04. The van der Waals surface area contributed by atoms with Crippen LogP contribution in [-0.2, 0) is 19.3 Å². The van der Waals surface area contributed by atoms with E-state index in [0.717, 1.165) is 77.9 Å². The molecule has 0 radical (unpaired) electrons. The van der Waals surface area contributed by atoms with Gasteiger partial charge in [0.1, 0.15) is 0 Å². The molecule has 0 amide bonds. The molecule has 4 aromatic rings. The Hall–Kier alpha value is -2.96. The van der Waals surface area contributed by atoms with Gasteiger partial charge in [-0.3, -0.25) is 4.98 Å². The Balaban J connectivity index is 1.47. The molecule has 0 atom stereocenters. The standard InChI is InChI=1S/C20H22N6O/c1-12-11-21-13(2)19-23-17(24-26(12)19)7-6-16-14(3)25-9-8-15-5-4-10-27-18(15)20(25)22-16/h8-9,11H,4-7,10H2,1-3H3. The van der Waals surface area contributed by atoms with Crippen LogP contribution in [0.15, 0.2) is 18.5 Å². The molecule has 0 fully saturated rings. The molecule has 0 aromatic carbocycles. The number of fused-ring (bicyclic) bond motifs is 4. The van der Waals surface area contributed by atoms with Crippen LogP contribution in [0.4, 0.5) is 0 Å². The van der Waals surface area contributed by atoms with E-state index in [2.05, 4.69) is 38.7 Å². The minimum Gasteiger partial charge on any atom is -0.489 e. The van der Waals surface area contributed by atoms with E-state index in [1.165, 1.54) is 5.56 Å². The summed E-state index contributed by atoms with van der Waals surface area (Å²) in [6.45, 7) is 6.83. The molecule has 5 rings (SSSR count). The van der Waals surface area contributed by atoms with Crippen LogP contribution >= 0.6 is 0 Å². The van der Waals surface area contributed by atoms with Gasteiger partial charge in [-0.2, -0.15) is 5.10 Å². The summed E-state index contributed by atoms with van der Waals surface area (Å²) in [6, 6.07) is 2.15. The average Bonchev–Trinajstić information content (AvgIpc) is 3.26. The molecule has 1 aliphatic heterocycles. The summed E-state index contributed by atoms with van der Waals surface area (Å²) in [7, 11) is 0. The second-order valence-electron chi connectivity index (χ2n) is 7.21. The van der Waals surface area contributed by atoms with Gasteiger partial charge in [0.25, 0.3) is 0 Å². The molecule has 4 aromatic heterocycles. The molecule has 7 heteroatoms. The number of ether oxygens (including phenoxy) is 1. The summed E-state index contributed by atoms with van der Waals surface area (Å²) < 4.78 is 9.92. The van der Waals surface area contributed by atoms with E-state index in [0.29, 0.717) is 0 Å². The third-order valence-electron chi connectivity index (χ3n) is 5.34. The zero-order valence-electron chi connectivity index (χ0n) is 15.9. The molecule has 0 aliphatic carbocycles. The van der Waals surface area contributed by atoms with E-state index < -0.39 is 0 Å². The first kappa shape index (κ1) is 16.2. The monoisotopic (exact) mass is 362 g/mol. The Morgan fingerprint density at radius 1 is 1.11 bits per heavy atom. The van der Waals surface area contributed by atoms with Gasteiger partial charge in [-0.1, -0.05) is 0 Å². The van der Waals surface area contributed by atoms with Crippen molar-refractivity contribution in [2.24, 2.45) is 0 Å². The molecule has 5 heterocycles. The van der Waals surface area contributed by atoms with Crippen molar-refractivity contribution in [2.75, 3.05) is 6.61 Å². The molecule has 0 N–H and O–H groups in total. The van der Waals surface area contributed by atoms with Gasteiger partial charge in [0.2, 0.25) is 0 Å². The van der Waals surface area contributed by atoms with Gasteiger partial charge in [-0.05, 0) is 51.7 Å². The minimum atomic E-state index is 0.744. The molecule has 0 saturated carbocycles. The van der Waals surface area contributed by atoms with Gasteiger partial charge in [-0.25, -0.2) is 14.5 Å². The SMILES string of the molecule is Cc1ncc(C)n2nc(CCc3nc4c5c(ccn4c3C)CCCO5)nc12. The van der Waals surface area contributed by atoms with Crippen LogP contribution in [0.3, 0.4) is 0 Å². The topological polar surface area (TPSA) is 69.6 Å². The lowest BCUT2D eigenvalue weighted by Gasteiger charge is -2.17. The molecule has 7 nitrogen and oxygen atoms in total. The summed E-state index contributed by atoms with van der Waals surface area (Å²) >= 11 is 0. The van der Waals surface area contributed by atoms with Crippen LogP contribution in [0, 0.1) is 20.8 Å². The summed E-state index contributed by atoms with van der Waals surface area (Å²) in [5.74, 6) is 1.77. The van der Waals surface area contributed by atoms with Gasteiger partial charge in [0.05, 0.1) is 23.7 Å². The lowest BCUT2D eigenvalue weighted by molar-refractivity contribution is 0.290. The summed E-state index contributed by atoms with van der Waals surface area (Å²) in [4.78, 5) is 13.9. The van der Waals surface area contributed by atoms with Crippen molar-refractivity contribution >= 4 is 11.3 Å². The zero-order chi connectivity index (χ0) is 18.5. The molecular formula is C20H22N6O. The fraction of sp³-hybridized carbons (Fsp3) is 0.400. The van der Waals surface area contributed by atoms with Crippen molar-refractivity contribution in [3.63, 3.8) is 0 Å². The second-order valence-corrected chi connectivity index (χ2v) is 7.21. The summed E-state index contributed by atoms with van der Waals surface area (Å²) in [5, 5.41) is 4.65. The van der Waals surface area contributed by atoms with Crippen LogP contribution in [0.25, 0.3) is 11.3 Å². The van der Waals surface area contributed by atoms with Crippen LogP contribution in [0.2, 0.25) is 0 Å². The molecule has 0 unspecified atom stereocenters. The average molecular weight is 362 g/mol. The summed E-state index contributed by atoms with van der Waals surface area (Å²) in [6.07, 6.45) is 7.61. The van der Waals surface area contributed by atoms with E-state index in [4.69, 9.17) is 9.72 Å². The summed E-state index contributed by atoms with van der Waals surface area (Å²) in [5.41, 5.74) is 7.13. The first-order valence-electron chi connectivity index (χ1n) is 9.42. The third kappa shape index (κ3) is 2.57. The maximum absolute atomic E-state index is 5.92. The van der Waals surface area contributed by atoms with Crippen molar-refractivity contribution in [1.82, 2.24) is 29.0 Å². The highest BCUT2D eigenvalue weighted by Crippen LogP contribution is 2.30. The number of hydrogen-bond acceptors (Lipinski definition) is 5. The maximum Gasteiger partial charge on any atom is 0.180 e. The number of rotatable bonds is 3. The van der Waals surface area contributed by atoms with Crippen LogP contribution < -0.4 is 4.74 Å². The maximum atomic E-state index is 5.92. The normalized spacial score (nSPS) is 13.9. The van der Waals surface area contributed by atoms with Crippen molar-refractivity contribution in [3.05, 3.63) is 52.6 Å². The van der Waals surface area contributed by atoms with E-state index in [1.807, 2.05) is 24.6 Å². The Kier molecular flexibility index (Phi) is 3.63. The quantitative estimate of drug-likeness (QED) is 0.560. The first-order valence-corrected chi connectivity index (χ1v) is 9.42. The van der Waals surface area contributed by atoms with Crippen LogP contribution in [0.1, 0.15) is 40.6 Å². The Bertz CT molecular complexity index is 1130. The van der Waals surface area contributed by atoms with Crippen molar-refractivity contribution < 1.29 is 4.74 Å². The van der Waals surface area contributed by atoms with Crippen LogP contribution in [-0.4, -0.2) is 35.6 Å². The molecule has 0 bridgehead atoms. The van der Waals surface area contributed by atoms with Crippen molar-refractivity contribution in [3.8, 4) is 5.75 Å². The highest BCUT2D eigenvalue weighted by molar-refractivity contribution is 5.60. The fourth-order valence-corrected chi connectivity index (χ4v) is 3.79. The van der Waals surface area contributed by atoms with Gasteiger partial charge in [-0.15, -0.1) is 0 Å². The lowest BCUT2D eigenvalue weighted by Crippen LogP contribution is -2.09. The molecule has 0 saturated heterocycles. The highest BCUT2D eigenvalue weighted by Gasteiger charge is 2.19. The van der Waals surface area contributed by atoms with Gasteiger partial charge < -0.3 is 9.14 Å². The van der Waals surface area contributed by atoms with Crippen molar-refractivity contribution in [2.45, 2.75) is 46.5 Å². The largest absolute Gasteiger partial charge is 0.489 e. The molecule has 0 spiro atoms. The zero-order valence-corrected chi connectivity index (χ0v) is 15.9. The first-order chi connectivity index (χ1) is 13.1.